The van der Waals surface area contributed by atoms with Crippen LogP contribution in [0.15, 0.2) is 60.7 Å². The number of anilines is 2. The molecule has 26 heavy (non-hydrogen) atoms. The Kier molecular flexibility index (Phi) is 8.67. The van der Waals surface area contributed by atoms with E-state index in [4.69, 9.17) is 0 Å². The van der Waals surface area contributed by atoms with Gasteiger partial charge in [-0.1, -0.05) is 36.4 Å². The van der Waals surface area contributed by atoms with Gasteiger partial charge in [-0.05, 0) is 65.8 Å². The summed E-state index contributed by atoms with van der Waals surface area (Å²) in [6, 6.07) is 22.3. The molecule has 0 radical (unpaired) electrons. The molecule has 0 N–H and O–H groups in total. The largest absolute Gasteiger partial charge is 1.00 e. The van der Waals surface area contributed by atoms with E-state index < -0.39 is 0 Å². The molecule has 2 aromatic carbocycles. The first-order valence-corrected chi connectivity index (χ1v) is 9.22. The van der Waals surface area contributed by atoms with E-state index in [9.17, 15) is 0 Å². The quantitative estimate of drug-likeness (QED) is 0.319. The van der Waals surface area contributed by atoms with Gasteiger partial charge >= 0.3 is 0 Å². The van der Waals surface area contributed by atoms with Crippen molar-refractivity contribution in [2.45, 2.75) is 59.7 Å². The molecule has 0 heterocycles. The van der Waals surface area contributed by atoms with Crippen LogP contribution in [-0.4, -0.2) is 34.0 Å². The second-order valence-electron chi connectivity index (χ2n) is 7.21. The van der Waals surface area contributed by atoms with E-state index in [1.807, 2.05) is 0 Å². The van der Waals surface area contributed by atoms with Crippen LogP contribution in [0.2, 0.25) is 0 Å². The molecule has 0 bridgehead atoms. The van der Waals surface area contributed by atoms with Gasteiger partial charge in [0, 0.05) is 0 Å². The first-order valence-electron chi connectivity index (χ1n) is 9.22. The van der Waals surface area contributed by atoms with E-state index in [0.717, 1.165) is 11.4 Å². The molecular weight excluding hydrogens is 342 g/mol. The number of hydrazine groups is 1. The van der Waals surface area contributed by atoms with Crippen LogP contribution in [0.5, 0.6) is 0 Å². The second-order valence-corrected chi connectivity index (χ2v) is 7.21. The molecule has 0 fully saturated rings. The fourth-order valence-corrected chi connectivity index (χ4v) is 2.97. The SMILES string of the molecule is CC(C)N(C=[N+](C(C)C)C(C)C)N(c1ccccc1)c1ccccc1.[Cl-]. The third kappa shape index (κ3) is 5.50. The maximum absolute atomic E-state index is 2.40. The summed E-state index contributed by atoms with van der Waals surface area (Å²) in [5.41, 5.74) is 2.32. The highest BCUT2D eigenvalue weighted by atomic mass is 35.5. The van der Waals surface area contributed by atoms with Crippen LogP contribution in [0.4, 0.5) is 11.4 Å². The van der Waals surface area contributed by atoms with E-state index in [1.54, 1.807) is 0 Å². The Balaban J connectivity index is 0.00000338. The molecule has 0 spiro atoms. The Morgan fingerprint density at radius 2 is 1.08 bits per heavy atom. The topological polar surface area (TPSA) is 9.49 Å². The van der Waals surface area contributed by atoms with Crippen LogP contribution in [0, 0.1) is 0 Å². The van der Waals surface area contributed by atoms with Crippen LogP contribution >= 0.6 is 0 Å². The minimum Gasteiger partial charge on any atom is -1.00 e. The Bertz CT molecular complexity index is 617. The molecule has 142 valence electrons. The second kappa shape index (κ2) is 10.2. The molecular formula is C22H32ClN3. The number of hydrogen-bond acceptors (Lipinski definition) is 1. The molecule has 0 atom stereocenters. The molecule has 2 aromatic rings. The van der Waals surface area contributed by atoms with Gasteiger partial charge in [0.2, 0.25) is 0 Å². The lowest BCUT2D eigenvalue weighted by atomic mass is 10.2. The van der Waals surface area contributed by atoms with Crippen molar-refractivity contribution in [2.24, 2.45) is 0 Å². The van der Waals surface area contributed by atoms with Crippen molar-refractivity contribution in [3.63, 3.8) is 0 Å². The molecule has 0 amide bonds. The molecule has 0 aromatic heterocycles. The van der Waals surface area contributed by atoms with E-state index in [2.05, 4.69) is 123 Å². The maximum atomic E-state index is 2.40. The average molecular weight is 374 g/mol. The highest BCUT2D eigenvalue weighted by Gasteiger charge is 2.27. The van der Waals surface area contributed by atoms with E-state index in [1.165, 1.54) is 0 Å². The van der Waals surface area contributed by atoms with Gasteiger partial charge in [0.25, 0.3) is 6.34 Å². The number of nitrogens with zero attached hydrogens (tertiary/aromatic N) is 3. The summed E-state index contributed by atoms with van der Waals surface area (Å²) in [6.45, 7) is 13.4. The van der Waals surface area contributed by atoms with Crippen molar-refractivity contribution in [1.29, 1.82) is 0 Å². The monoisotopic (exact) mass is 373 g/mol. The zero-order valence-electron chi connectivity index (χ0n) is 16.8. The van der Waals surface area contributed by atoms with Gasteiger partial charge in [0.1, 0.15) is 6.04 Å². The van der Waals surface area contributed by atoms with Crippen molar-refractivity contribution in [3.8, 4) is 0 Å². The third-order valence-corrected chi connectivity index (χ3v) is 4.21. The van der Waals surface area contributed by atoms with Crippen molar-refractivity contribution in [1.82, 2.24) is 5.01 Å². The molecule has 2 rings (SSSR count). The van der Waals surface area contributed by atoms with Gasteiger partial charge in [-0.15, -0.1) is 0 Å². The highest BCUT2D eigenvalue weighted by molar-refractivity contribution is 5.67. The lowest BCUT2D eigenvalue weighted by molar-refractivity contribution is -0.587. The minimum atomic E-state index is 0. The third-order valence-electron chi connectivity index (χ3n) is 4.21. The predicted molar refractivity (Wildman–Crippen MR) is 109 cm³/mol. The predicted octanol–water partition coefficient (Wildman–Crippen LogP) is 2.31. The van der Waals surface area contributed by atoms with Crippen LogP contribution in [0.25, 0.3) is 0 Å². The summed E-state index contributed by atoms with van der Waals surface area (Å²) in [5.74, 6) is 0. The van der Waals surface area contributed by atoms with Gasteiger partial charge in [0.05, 0.1) is 23.5 Å². The van der Waals surface area contributed by atoms with E-state index >= 15 is 0 Å². The molecule has 0 aliphatic heterocycles. The number of para-hydroxylation sites is 2. The van der Waals surface area contributed by atoms with Crippen molar-refractivity contribution in [2.75, 3.05) is 5.01 Å². The van der Waals surface area contributed by atoms with Crippen molar-refractivity contribution >= 4 is 17.7 Å². The standard InChI is InChI=1S/C22H32N3.ClH/c1-18(2)23(19(3)4)17-24(20(5)6)25(21-13-9-7-10-14-21)22-15-11-8-12-16-22;/h7-20H,1-6H3;1H/q+1;/p-1. The number of hydrogen-bond donors (Lipinski definition) is 0. The zero-order chi connectivity index (χ0) is 18.4. The maximum Gasteiger partial charge on any atom is 0.258 e. The Morgan fingerprint density at radius 3 is 1.38 bits per heavy atom. The summed E-state index contributed by atoms with van der Waals surface area (Å²) in [5, 5.41) is 4.62. The van der Waals surface area contributed by atoms with Gasteiger partial charge in [0.15, 0.2) is 0 Å². The Morgan fingerprint density at radius 1 is 0.692 bits per heavy atom. The van der Waals surface area contributed by atoms with Gasteiger partial charge in [-0.2, -0.15) is 10.0 Å². The number of benzene rings is 2. The van der Waals surface area contributed by atoms with Crippen LogP contribution < -0.4 is 17.4 Å². The lowest BCUT2D eigenvalue weighted by Crippen LogP contribution is -3.00. The zero-order valence-corrected chi connectivity index (χ0v) is 17.6. The molecule has 4 heteroatoms. The van der Waals surface area contributed by atoms with E-state index in [0.29, 0.717) is 18.1 Å². The summed E-state index contributed by atoms with van der Waals surface area (Å²) in [6.07, 6.45) is 2.26. The van der Waals surface area contributed by atoms with Gasteiger partial charge in [-0.3, -0.25) is 4.58 Å². The van der Waals surface area contributed by atoms with Crippen LogP contribution in [0.3, 0.4) is 0 Å². The van der Waals surface area contributed by atoms with Gasteiger partial charge < -0.3 is 12.4 Å². The fourth-order valence-electron chi connectivity index (χ4n) is 2.97. The summed E-state index contributed by atoms with van der Waals surface area (Å²) < 4.78 is 2.40. The molecule has 0 aliphatic rings. The van der Waals surface area contributed by atoms with E-state index in [-0.39, 0.29) is 12.4 Å². The molecule has 0 saturated heterocycles. The first kappa shape index (κ1) is 22.0. The average Bonchev–Trinajstić information content (AvgIpc) is 2.59. The summed E-state index contributed by atoms with van der Waals surface area (Å²) in [4.78, 5) is 0. The normalized spacial score (nSPS) is 10.7. The summed E-state index contributed by atoms with van der Waals surface area (Å²) in [7, 11) is 0. The molecule has 0 saturated carbocycles. The molecule has 0 unspecified atom stereocenters. The summed E-state index contributed by atoms with van der Waals surface area (Å²) >= 11 is 0. The fraction of sp³-hybridized carbons (Fsp3) is 0.409. The minimum absolute atomic E-state index is 0. The Hall–Kier alpha value is -2.00. The number of rotatable bonds is 7. The number of halogens is 1. The lowest BCUT2D eigenvalue weighted by Gasteiger charge is -2.33. The van der Waals surface area contributed by atoms with Crippen molar-refractivity contribution < 1.29 is 17.0 Å². The smallest absolute Gasteiger partial charge is 0.258 e. The van der Waals surface area contributed by atoms with Crippen LogP contribution in [0.1, 0.15) is 41.5 Å². The van der Waals surface area contributed by atoms with Crippen LogP contribution in [-0.2, 0) is 0 Å². The molecule has 3 nitrogen and oxygen atoms in total. The molecule has 0 aliphatic carbocycles. The highest BCUT2D eigenvalue weighted by Crippen LogP contribution is 2.27. The van der Waals surface area contributed by atoms with Crippen molar-refractivity contribution in [3.05, 3.63) is 60.7 Å². The first-order chi connectivity index (χ1) is 11.9. The van der Waals surface area contributed by atoms with Gasteiger partial charge in [-0.25, -0.2) is 0 Å². The Labute approximate surface area is 165 Å².